The number of hydrogen-bond acceptors (Lipinski definition) is 4. The number of nitrogens with zero attached hydrogens (tertiary/aromatic N) is 3. The number of anilines is 1. The molecule has 1 unspecified atom stereocenters. The molecule has 1 saturated heterocycles. The van der Waals surface area contributed by atoms with Crippen molar-refractivity contribution >= 4 is 17.1 Å². The smallest absolute Gasteiger partial charge is 0.255 e. The van der Waals surface area contributed by atoms with Crippen molar-refractivity contribution < 1.29 is 18.3 Å². The quantitative estimate of drug-likeness (QED) is 0.645. The monoisotopic (exact) mass is 400 g/mol. The minimum atomic E-state index is -0.450. The molecule has 29 heavy (non-hydrogen) atoms. The lowest BCUT2D eigenvalue weighted by Gasteiger charge is -2.27. The number of aromatic nitrogens is 2. The van der Waals surface area contributed by atoms with Crippen molar-refractivity contribution in [3.8, 4) is 0 Å². The van der Waals surface area contributed by atoms with Crippen LogP contribution >= 0.6 is 0 Å². The zero-order chi connectivity index (χ0) is 20.4. The number of rotatable bonds is 6. The second kappa shape index (κ2) is 8.16. The zero-order valence-corrected chi connectivity index (χ0v) is 16.1. The van der Waals surface area contributed by atoms with E-state index in [0.717, 1.165) is 31.1 Å². The van der Waals surface area contributed by atoms with Gasteiger partial charge < -0.3 is 15.0 Å². The van der Waals surface area contributed by atoms with Crippen LogP contribution in [0.5, 0.6) is 0 Å². The normalized spacial score (nSPS) is 16.5. The maximum absolute atomic E-state index is 14.4. The highest BCUT2D eigenvalue weighted by atomic mass is 19.1. The number of methoxy groups -OCH3 is 1. The SMILES string of the molecule is COCCNC(=O)c1cnn2ccc(N3CCCC3c3cc(F)ccc3F)cc12. The molecule has 0 radical (unpaired) electrons. The van der Waals surface area contributed by atoms with Gasteiger partial charge in [-0.3, -0.25) is 4.79 Å². The average molecular weight is 400 g/mol. The zero-order valence-electron chi connectivity index (χ0n) is 16.1. The topological polar surface area (TPSA) is 58.9 Å². The van der Waals surface area contributed by atoms with Gasteiger partial charge in [0.15, 0.2) is 0 Å². The molecule has 6 nitrogen and oxygen atoms in total. The van der Waals surface area contributed by atoms with E-state index in [-0.39, 0.29) is 11.9 Å². The third-order valence-electron chi connectivity index (χ3n) is 5.24. The Kier molecular flexibility index (Phi) is 5.44. The summed E-state index contributed by atoms with van der Waals surface area (Å²) in [7, 11) is 1.57. The van der Waals surface area contributed by atoms with Crippen LogP contribution in [0.3, 0.4) is 0 Å². The third kappa shape index (κ3) is 3.80. The molecule has 1 aromatic carbocycles. The van der Waals surface area contributed by atoms with Gasteiger partial charge in [-0.1, -0.05) is 0 Å². The highest BCUT2D eigenvalue weighted by molar-refractivity contribution is 6.01. The lowest BCUT2D eigenvalue weighted by Crippen LogP contribution is -2.27. The van der Waals surface area contributed by atoms with Gasteiger partial charge in [-0.2, -0.15) is 5.10 Å². The van der Waals surface area contributed by atoms with Gasteiger partial charge in [0, 0.05) is 37.6 Å². The van der Waals surface area contributed by atoms with Crippen LogP contribution < -0.4 is 10.2 Å². The summed E-state index contributed by atoms with van der Waals surface area (Å²) >= 11 is 0. The van der Waals surface area contributed by atoms with Crippen molar-refractivity contribution in [1.29, 1.82) is 0 Å². The Labute approximate surface area is 167 Å². The van der Waals surface area contributed by atoms with E-state index in [1.54, 1.807) is 17.8 Å². The Morgan fingerprint density at radius 3 is 3.00 bits per heavy atom. The molecule has 0 aliphatic carbocycles. The highest BCUT2D eigenvalue weighted by Crippen LogP contribution is 2.38. The first-order valence-corrected chi connectivity index (χ1v) is 9.54. The van der Waals surface area contributed by atoms with Crippen LogP contribution in [0.25, 0.3) is 5.52 Å². The van der Waals surface area contributed by atoms with Crippen molar-refractivity contribution in [2.75, 3.05) is 31.7 Å². The van der Waals surface area contributed by atoms with E-state index in [1.807, 2.05) is 12.1 Å². The second-order valence-corrected chi connectivity index (χ2v) is 7.04. The van der Waals surface area contributed by atoms with Crippen molar-refractivity contribution in [1.82, 2.24) is 14.9 Å². The molecule has 152 valence electrons. The molecule has 1 aliphatic rings. The first-order valence-electron chi connectivity index (χ1n) is 9.54. The van der Waals surface area contributed by atoms with E-state index in [4.69, 9.17) is 4.74 Å². The molecule has 1 fully saturated rings. The lowest BCUT2D eigenvalue weighted by atomic mass is 10.0. The van der Waals surface area contributed by atoms with Gasteiger partial charge in [-0.05, 0) is 43.2 Å². The van der Waals surface area contributed by atoms with Crippen LogP contribution in [0.1, 0.15) is 34.8 Å². The molecule has 3 heterocycles. The van der Waals surface area contributed by atoms with Crippen LogP contribution in [0, 0.1) is 11.6 Å². The fourth-order valence-electron chi connectivity index (χ4n) is 3.85. The molecule has 3 aromatic rings. The van der Waals surface area contributed by atoms with Crippen molar-refractivity contribution in [3.05, 3.63) is 65.5 Å². The molecular weight excluding hydrogens is 378 g/mol. The molecule has 1 aliphatic heterocycles. The van der Waals surface area contributed by atoms with Gasteiger partial charge in [-0.25, -0.2) is 13.3 Å². The Morgan fingerprint density at radius 1 is 1.31 bits per heavy atom. The van der Waals surface area contributed by atoms with Crippen LogP contribution in [-0.4, -0.2) is 42.3 Å². The number of hydrogen-bond donors (Lipinski definition) is 1. The van der Waals surface area contributed by atoms with Crippen molar-refractivity contribution in [2.24, 2.45) is 0 Å². The van der Waals surface area contributed by atoms with Crippen LogP contribution in [-0.2, 0) is 4.74 Å². The minimum absolute atomic E-state index is 0.233. The van der Waals surface area contributed by atoms with E-state index < -0.39 is 11.6 Å². The van der Waals surface area contributed by atoms with E-state index in [1.165, 1.54) is 18.3 Å². The predicted molar refractivity (Wildman–Crippen MR) is 105 cm³/mol. The number of amides is 1. The van der Waals surface area contributed by atoms with Crippen LogP contribution in [0.15, 0.2) is 42.7 Å². The molecule has 0 bridgehead atoms. The van der Waals surface area contributed by atoms with E-state index in [2.05, 4.69) is 15.3 Å². The summed E-state index contributed by atoms with van der Waals surface area (Å²) in [5, 5.41) is 7.03. The molecule has 1 atom stereocenters. The second-order valence-electron chi connectivity index (χ2n) is 7.04. The molecule has 0 saturated carbocycles. The third-order valence-corrected chi connectivity index (χ3v) is 5.24. The molecule has 4 rings (SSSR count). The lowest BCUT2D eigenvalue weighted by molar-refractivity contribution is 0.0938. The van der Waals surface area contributed by atoms with E-state index >= 15 is 0 Å². The first-order chi connectivity index (χ1) is 14.1. The largest absolute Gasteiger partial charge is 0.383 e. The van der Waals surface area contributed by atoms with Crippen molar-refractivity contribution in [2.45, 2.75) is 18.9 Å². The number of halogens is 2. The van der Waals surface area contributed by atoms with Gasteiger partial charge in [-0.15, -0.1) is 0 Å². The summed E-state index contributed by atoms with van der Waals surface area (Å²) < 4.78 is 34.7. The van der Waals surface area contributed by atoms with Crippen LogP contribution in [0.4, 0.5) is 14.5 Å². The highest BCUT2D eigenvalue weighted by Gasteiger charge is 2.29. The maximum Gasteiger partial charge on any atom is 0.255 e. The molecule has 1 N–H and O–H groups in total. The predicted octanol–water partition coefficient (Wildman–Crippen LogP) is 3.33. The number of pyridine rings is 1. The Balaban J connectivity index is 1.65. The number of fused-ring (bicyclic) bond motifs is 1. The van der Waals surface area contributed by atoms with Crippen molar-refractivity contribution in [3.63, 3.8) is 0 Å². The summed E-state index contributed by atoms with van der Waals surface area (Å²) in [6.07, 6.45) is 4.90. The Morgan fingerprint density at radius 2 is 2.17 bits per heavy atom. The van der Waals surface area contributed by atoms with Gasteiger partial charge in [0.2, 0.25) is 0 Å². The summed E-state index contributed by atoms with van der Waals surface area (Å²) in [5.74, 6) is -1.09. The summed E-state index contributed by atoms with van der Waals surface area (Å²) in [4.78, 5) is 14.5. The van der Waals surface area contributed by atoms with E-state index in [0.29, 0.717) is 29.8 Å². The molecule has 0 spiro atoms. The number of ether oxygens (including phenoxy) is 1. The Hall–Kier alpha value is -3.00. The Bertz CT molecular complexity index is 1040. The summed E-state index contributed by atoms with van der Waals surface area (Å²) in [5.41, 5.74) is 2.31. The minimum Gasteiger partial charge on any atom is -0.383 e. The molecule has 1 amide bonds. The van der Waals surface area contributed by atoms with Gasteiger partial charge in [0.1, 0.15) is 11.6 Å². The maximum atomic E-state index is 14.4. The first kappa shape index (κ1) is 19.3. The molecule has 8 heteroatoms. The average Bonchev–Trinajstić information content (AvgIpc) is 3.36. The number of benzene rings is 1. The number of carbonyl (C=O) groups is 1. The summed E-state index contributed by atoms with van der Waals surface area (Å²) in [6, 6.07) is 7.06. The fraction of sp³-hybridized carbons (Fsp3) is 0.333. The molecule has 2 aromatic heterocycles. The van der Waals surface area contributed by atoms with Gasteiger partial charge in [0.05, 0.1) is 29.9 Å². The standard InChI is InChI=1S/C21H22F2N4O2/c1-29-10-7-24-21(28)17-13-25-27-9-6-15(12-20(17)27)26-8-2-3-19(26)16-11-14(22)4-5-18(16)23/h4-6,9,11-13,19H,2-3,7-8,10H2,1H3,(H,24,28). The number of nitrogens with one attached hydrogen (secondary N) is 1. The van der Waals surface area contributed by atoms with Gasteiger partial charge in [0.25, 0.3) is 5.91 Å². The van der Waals surface area contributed by atoms with Gasteiger partial charge >= 0.3 is 0 Å². The summed E-state index contributed by atoms with van der Waals surface area (Å²) in [6.45, 7) is 1.55. The fourth-order valence-corrected chi connectivity index (χ4v) is 3.85. The molecular formula is C21H22F2N4O2. The van der Waals surface area contributed by atoms with Crippen LogP contribution in [0.2, 0.25) is 0 Å². The number of carbonyl (C=O) groups excluding carboxylic acids is 1. The van der Waals surface area contributed by atoms with E-state index in [9.17, 15) is 13.6 Å².